The highest BCUT2D eigenvalue weighted by molar-refractivity contribution is 14.2. The molecule has 218 valence electrons. The summed E-state index contributed by atoms with van der Waals surface area (Å²) in [5.41, 5.74) is 2.88. The van der Waals surface area contributed by atoms with Crippen molar-refractivity contribution in [3.8, 4) is 11.8 Å². The minimum Gasteiger partial charge on any atom is -0.496 e. The first kappa shape index (κ1) is 35.5. The Morgan fingerprint density at radius 3 is 2.40 bits per heavy atom. The third-order valence-corrected chi connectivity index (χ3v) is 5.53. The highest BCUT2D eigenvalue weighted by atomic mass is 127. The van der Waals surface area contributed by atoms with E-state index in [0.717, 1.165) is 36.6 Å². The van der Waals surface area contributed by atoms with Crippen LogP contribution in [0.15, 0.2) is 36.7 Å². The van der Waals surface area contributed by atoms with Gasteiger partial charge in [-0.2, -0.15) is 10.4 Å². The normalized spacial score (nSPS) is 10.4. The second kappa shape index (κ2) is 16.7. The van der Waals surface area contributed by atoms with Crippen molar-refractivity contribution in [1.29, 1.82) is 5.26 Å². The minimum absolute atomic E-state index is 0.334. The van der Waals surface area contributed by atoms with E-state index in [-0.39, 0.29) is 0 Å². The molecule has 2 aromatic heterocycles. The quantitative estimate of drug-likeness (QED) is 0.163. The average molecular weight is 702 g/mol. The molecule has 0 unspecified atom stereocenters. The van der Waals surface area contributed by atoms with Crippen LogP contribution in [0.1, 0.15) is 51.3 Å². The molecule has 0 radical (unpaired) electrons. The molecular formula is C28H37ClIN5O4S. The lowest BCUT2D eigenvalue weighted by Crippen LogP contribution is -2.26. The molecule has 0 atom stereocenters. The van der Waals surface area contributed by atoms with Crippen LogP contribution in [0, 0.1) is 18.3 Å². The number of aryl methyl sites for hydroxylation is 1. The van der Waals surface area contributed by atoms with Gasteiger partial charge in [-0.15, -0.1) is 0 Å². The van der Waals surface area contributed by atoms with Gasteiger partial charge in [0.05, 0.1) is 39.0 Å². The van der Waals surface area contributed by atoms with E-state index in [0.29, 0.717) is 28.4 Å². The van der Waals surface area contributed by atoms with E-state index >= 15 is 0 Å². The van der Waals surface area contributed by atoms with Crippen LogP contribution in [-0.2, 0) is 11.3 Å². The van der Waals surface area contributed by atoms with Gasteiger partial charge in [0.25, 0.3) is 0 Å². The molecule has 4 aromatic rings. The lowest BCUT2D eigenvalue weighted by molar-refractivity contribution is 0.0544. The number of aromatic nitrogens is 3. The summed E-state index contributed by atoms with van der Waals surface area (Å²) in [7, 11) is 6.09. The Labute approximate surface area is 257 Å². The van der Waals surface area contributed by atoms with Crippen LogP contribution in [0.3, 0.4) is 0 Å². The molecule has 0 bridgehead atoms. The number of hydrogen-bond acceptors (Lipinski definition) is 8. The van der Waals surface area contributed by atoms with Crippen molar-refractivity contribution in [1.82, 2.24) is 19.7 Å². The molecule has 2 heterocycles. The van der Waals surface area contributed by atoms with Gasteiger partial charge in [-0.25, -0.2) is 4.79 Å². The summed E-state index contributed by atoms with van der Waals surface area (Å²) in [6.07, 6.45) is 3.15. The summed E-state index contributed by atoms with van der Waals surface area (Å²) >= 11 is 8.11. The maximum atomic E-state index is 12.8. The van der Waals surface area contributed by atoms with Crippen LogP contribution in [0.25, 0.3) is 21.8 Å². The number of nitrogens with zero attached hydrogens (tertiary/aromatic N) is 4. The van der Waals surface area contributed by atoms with Crippen molar-refractivity contribution < 1.29 is 18.8 Å². The molecule has 40 heavy (non-hydrogen) atoms. The van der Waals surface area contributed by atoms with Gasteiger partial charge in [-0.1, -0.05) is 25.4 Å². The zero-order valence-corrected chi connectivity index (χ0v) is 28.0. The molecule has 0 saturated heterocycles. The van der Waals surface area contributed by atoms with E-state index < -0.39 is 11.7 Å². The van der Waals surface area contributed by atoms with Gasteiger partial charge in [-0.05, 0) is 71.6 Å². The molecule has 0 amide bonds. The number of rotatable bonds is 3. The van der Waals surface area contributed by atoms with Crippen molar-refractivity contribution >= 4 is 69.9 Å². The number of nitriles is 1. The number of nitrogens with one attached hydrogen (secondary N) is 1. The van der Waals surface area contributed by atoms with Crippen LogP contribution in [0.5, 0.6) is 5.75 Å². The fourth-order valence-corrected chi connectivity index (χ4v) is 4.06. The molecule has 0 saturated carbocycles. The van der Waals surface area contributed by atoms with Crippen molar-refractivity contribution in [3.63, 3.8) is 0 Å². The molecule has 4 rings (SSSR count). The van der Waals surface area contributed by atoms with E-state index in [4.69, 9.17) is 25.6 Å². The van der Waals surface area contributed by atoms with E-state index in [9.17, 15) is 10.1 Å². The summed E-state index contributed by atoms with van der Waals surface area (Å²) in [6, 6.07) is 9.37. The first-order valence-electron chi connectivity index (χ1n) is 12.4. The topological polar surface area (TPSA) is 114 Å². The first-order chi connectivity index (χ1) is 19.0. The first-order valence-corrected chi connectivity index (χ1v) is 16.1. The number of fused-ring (bicyclic) bond motifs is 2. The Morgan fingerprint density at radius 1 is 1.27 bits per heavy atom. The molecule has 2 N–H and O–H groups in total. The largest absolute Gasteiger partial charge is 0.496 e. The Kier molecular flexibility index (Phi) is 14.8. The zero-order chi connectivity index (χ0) is 30.6. The third kappa shape index (κ3) is 9.01. The molecule has 0 aliphatic carbocycles. The number of carbonyl (C=O) groups is 1. The predicted molar refractivity (Wildman–Crippen MR) is 174 cm³/mol. The minimum atomic E-state index is -0.604. The summed E-state index contributed by atoms with van der Waals surface area (Å²) in [5.74, 6) is 0.695. The van der Waals surface area contributed by atoms with Gasteiger partial charge < -0.3 is 19.3 Å². The Hall–Kier alpha value is -2.50. The SMILES string of the molecule is CC.CNC.COc1cc(C)c2c(ccn2C(=O)OC(C)(C)C)c1Cn1cc2ccc(C#N)c(Cl)c2n1.OSI. The fraction of sp³-hybridized carbons (Fsp3) is 0.393. The molecule has 0 fully saturated rings. The summed E-state index contributed by atoms with van der Waals surface area (Å²) < 4.78 is 22.0. The van der Waals surface area contributed by atoms with Crippen LogP contribution in [0.2, 0.25) is 5.02 Å². The number of methoxy groups -OCH3 is 1. The number of ether oxygens (including phenoxy) is 2. The average Bonchev–Trinajstić information content (AvgIpc) is 3.52. The Morgan fingerprint density at radius 2 is 1.88 bits per heavy atom. The van der Waals surface area contributed by atoms with Crippen LogP contribution >= 0.6 is 42.0 Å². The molecule has 2 aromatic carbocycles. The zero-order valence-electron chi connectivity index (χ0n) is 24.3. The standard InChI is InChI=1S/C24H23ClN4O3.C2H7N.C2H6.HIOS/c1-14-10-19(31-5)18(17-8-9-29(22(14)17)23(30)32-24(2,3)4)13-28-12-16-7-6-15(11-26)20(25)21(16)27-28;1-3-2;1-2;1-3-2/h6-10,12H,13H2,1-5H3;3H,1-2H3;1-2H3;2H. The molecule has 0 aliphatic rings. The van der Waals surface area contributed by atoms with Gasteiger partial charge in [0.15, 0.2) is 0 Å². The van der Waals surface area contributed by atoms with Crippen LogP contribution < -0.4 is 10.1 Å². The second-order valence-corrected chi connectivity index (χ2v) is 10.9. The molecular weight excluding hydrogens is 665 g/mol. The molecule has 0 spiro atoms. The summed E-state index contributed by atoms with van der Waals surface area (Å²) in [4.78, 5) is 12.8. The molecule has 0 aliphatic heterocycles. The van der Waals surface area contributed by atoms with Gasteiger partial charge in [-0.3, -0.25) is 9.25 Å². The third-order valence-electron chi connectivity index (χ3n) is 5.14. The number of hydrogen-bond donors (Lipinski definition) is 2. The van der Waals surface area contributed by atoms with E-state index in [1.165, 1.54) is 4.57 Å². The monoisotopic (exact) mass is 701 g/mol. The maximum absolute atomic E-state index is 12.8. The van der Waals surface area contributed by atoms with Crippen molar-refractivity contribution in [3.05, 3.63) is 58.4 Å². The van der Waals surface area contributed by atoms with Gasteiger partial charge >= 0.3 is 6.09 Å². The van der Waals surface area contributed by atoms with Gasteiger partial charge in [0, 0.05) is 49.9 Å². The van der Waals surface area contributed by atoms with E-state index in [2.05, 4.69) is 16.5 Å². The summed E-state index contributed by atoms with van der Waals surface area (Å²) in [6.45, 7) is 11.8. The maximum Gasteiger partial charge on any atom is 0.419 e. The number of halogens is 2. The van der Waals surface area contributed by atoms with Crippen LogP contribution in [0.4, 0.5) is 4.79 Å². The second-order valence-electron chi connectivity index (χ2n) is 9.18. The smallest absolute Gasteiger partial charge is 0.419 e. The number of benzene rings is 2. The fourth-order valence-electron chi connectivity index (χ4n) is 3.80. The van der Waals surface area contributed by atoms with Gasteiger partial charge in [0.2, 0.25) is 0 Å². The molecule has 9 nitrogen and oxygen atoms in total. The van der Waals surface area contributed by atoms with Crippen LogP contribution in [-0.4, -0.2) is 51.8 Å². The highest BCUT2D eigenvalue weighted by Gasteiger charge is 2.22. The van der Waals surface area contributed by atoms with E-state index in [1.54, 1.807) is 45.3 Å². The molecule has 12 heteroatoms. The van der Waals surface area contributed by atoms with Crippen molar-refractivity contribution in [2.75, 3.05) is 21.2 Å². The lowest BCUT2D eigenvalue weighted by Gasteiger charge is -2.20. The van der Waals surface area contributed by atoms with Crippen molar-refractivity contribution in [2.45, 2.75) is 53.7 Å². The van der Waals surface area contributed by atoms with E-state index in [1.807, 2.05) is 80.0 Å². The predicted octanol–water partition coefficient (Wildman–Crippen LogP) is 8.07. The lowest BCUT2D eigenvalue weighted by atomic mass is 10.0. The Balaban J connectivity index is 0.000000902. The van der Waals surface area contributed by atoms with Crippen molar-refractivity contribution in [2.24, 2.45) is 0 Å². The Bertz CT molecular complexity index is 1460. The summed E-state index contributed by atoms with van der Waals surface area (Å²) in [5, 5.41) is 18.6. The highest BCUT2D eigenvalue weighted by Crippen LogP contribution is 2.34. The van der Waals surface area contributed by atoms with Gasteiger partial charge in [0.1, 0.15) is 22.9 Å². The number of carbonyl (C=O) groups excluding carboxylic acids is 1.